The Morgan fingerprint density at radius 2 is 0.980 bits per heavy atom. The molecule has 4 aliphatic rings. The lowest BCUT2D eigenvalue weighted by atomic mass is 9.99. The first kappa shape index (κ1) is 89.1. The minimum atomic E-state index is -4.35. The number of aromatic amines is 3. The van der Waals surface area contributed by atoms with E-state index >= 15 is 4.39 Å². The quantitative estimate of drug-likeness (QED) is 0.0176. The van der Waals surface area contributed by atoms with Crippen LogP contribution in [-0.4, -0.2) is 148 Å². The number of benzene rings is 2. The van der Waals surface area contributed by atoms with E-state index in [1.165, 1.54) is 37.5 Å². The summed E-state index contributed by atoms with van der Waals surface area (Å²) in [6.45, 7) is 10.3. The predicted octanol–water partition coefficient (Wildman–Crippen LogP) is 7.80. The number of alkyl halides is 8. The molecule has 102 heavy (non-hydrogen) atoms. The van der Waals surface area contributed by atoms with Gasteiger partial charge in [0.25, 0.3) is 32.8 Å². The van der Waals surface area contributed by atoms with Crippen molar-refractivity contribution in [1.29, 1.82) is 0 Å². The van der Waals surface area contributed by atoms with Crippen LogP contribution in [0.25, 0.3) is 0 Å². The Kier molecular flexibility index (Phi) is 32.3. The molecule has 8 N–H and O–H groups in total. The number of aromatic nitrogens is 8. The van der Waals surface area contributed by atoms with Crippen LogP contribution in [0.5, 0.6) is 5.75 Å². The zero-order valence-corrected chi connectivity index (χ0v) is 56.7. The van der Waals surface area contributed by atoms with Crippen molar-refractivity contribution in [2.45, 2.75) is 185 Å². The van der Waals surface area contributed by atoms with Gasteiger partial charge in [0.1, 0.15) is 42.0 Å². The van der Waals surface area contributed by atoms with Crippen molar-refractivity contribution in [3.63, 3.8) is 0 Å². The van der Waals surface area contributed by atoms with Gasteiger partial charge in [0, 0.05) is 60.4 Å². The average Bonchev–Trinajstić information content (AvgIpc) is 1.64. The van der Waals surface area contributed by atoms with Gasteiger partial charge in [-0.1, -0.05) is 140 Å². The van der Waals surface area contributed by atoms with E-state index in [2.05, 4.69) is 15.4 Å². The molecule has 6 aromatic rings. The van der Waals surface area contributed by atoms with Crippen LogP contribution in [0.15, 0.2) is 143 Å². The molecule has 0 bridgehead atoms. The second-order valence-corrected chi connectivity index (χ2v) is 26.7. The molecule has 8 heterocycles. The lowest BCUT2D eigenvalue weighted by molar-refractivity contribution is -0.149. The standard InChI is InChI=1S/C21H26ClFN3O9P.C18H19ClFN3O3.C11H14ClFN2O3.C9H10ClFN2O5.4CH4/c1-12(2)33-18(29)13(3)25-36(31,35-14-7-5-4-6-8-14)32-11-15-17(28)21(22,23)19(34-15)26-10-9-16(27)24-20(26)30;1-3-13-11(2)18(19,20)16(26-13)23-10-9-14(22-17(23)25)21-15(24)12-7-5-4-6-8-12;1-3-7-6(2)11(12,13)9(18-7)15-5-4-8(16)14-10(15)17;10-9(11)6(16)4(3-14)18-7(9)13-2-1-5(15)12-8(13)17;;;;/h4-10,12-13,15,17,19,28H,11H2,1-3H3,(H,25,31)(H,24,27,30);4-11,13,16H,3H2,1-2H3,(H,21,22,24,25);4-7,9H,3H2,1-2H3,(H,14,16,17);1-2,4,6-7,14,16H,3H2,(H,12,15,17);4*1H4/t13-,15+,17+,19+,21+,36-;11-,13-,16-,18-;6-,7-,9-,11-;4-,6-,7-,9-;;;;/m0111..../s1. The highest BCUT2D eigenvalue weighted by molar-refractivity contribution is 7.52. The molecule has 4 fully saturated rings. The number of para-hydroxylation sites is 1. The molecule has 0 spiro atoms. The molecule has 4 saturated heterocycles. The molecule has 18 atom stereocenters. The van der Waals surface area contributed by atoms with Crippen LogP contribution in [0, 0.1) is 11.8 Å². The van der Waals surface area contributed by atoms with Crippen LogP contribution in [0.4, 0.5) is 23.4 Å². The fraction of sp³-hybridized carbons (Fsp3) is 0.524. The third kappa shape index (κ3) is 20.6. The summed E-state index contributed by atoms with van der Waals surface area (Å²) in [5.41, 5.74) is -4.96. The molecular weight excluding hydrogens is 1470 g/mol. The summed E-state index contributed by atoms with van der Waals surface area (Å²) in [7, 11) is -4.35. The maximum atomic E-state index is 15.2. The highest BCUT2D eigenvalue weighted by atomic mass is 35.5. The number of esters is 1. The third-order valence-electron chi connectivity index (χ3n) is 15.4. The molecular formula is C63H85Cl4F4N10O20P. The van der Waals surface area contributed by atoms with Gasteiger partial charge in [-0.25, -0.2) is 41.3 Å². The molecule has 4 aromatic heterocycles. The smallest absolute Gasteiger partial charge is 0.459 e. The van der Waals surface area contributed by atoms with Gasteiger partial charge >= 0.3 is 36.5 Å². The second-order valence-electron chi connectivity index (χ2n) is 22.7. The van der Waals surface area contributed by atoms with Gasteiger partial charge in [-0.05, 0) is 63.9 Å². The van der Waals surface area contributed by atoms with Crippen LogP contribution in [0.1, 0.15) is 126 Å². The summed E-state index contributed by atoms with van der Waals surface area (Å²) in [5.74, 6) is -2.07. The molecule has 1 amide bonds. The molecule has 568 valence electrons. The first-order valence-corrected chi connectivity index (χ1v) is 32.9. The number of nitrogens with zero attached hydrogens (tertiary/aromatic N) is 5. The topological polar surface area (TPSA) is 400 Å². The van der Waals surface area contributed by atoms with Crippen LogP contribution in [0.2, 0.25) is 0 Å². The Labute approximate surface area is 601 Å². The molecule has 0 saturated carbocycles. The van der Waals surface area contributed by atoms with Crippen molar-refractivity contribution in [2.75, 3.05) is 18.5 Å². The number of carbonyl (C=O) groups excluding carboxylic acids is 2. The Hall–Kier alpha value is -7.15. The van der Waals surface area contributed by atoms with E-state index in [4.69, 9.17) is 84.2 Å². The van der Waals surface area contributed by atoms with Crippen molar-refractivity contribution >= 4 is 71.8 Å². The zero-order valence-electron chi connectivity index (χ0n) is 52.8. The van der Waals surface area contributed by atoms with Gasteiger partial charge in [-0.15, -0.1) is 0 Å². The van der Waals surface area contributed by atoms with Crippen molar-refractivity contribution in [3.05, 3.63) is 188 Å². The van der Waals surface area contributed by atoms with Gasteiger partial charge in [-0.3, -0.25) is 61.7 Å². The Bertz CT molecular complexity index is 4130. The van der Waals surface area contributed by atoms with Crippen molar-refractivity contribution < 1.29 is 79.8 Å². The van der Waals surface area contributed by atoms with Crippen molar-refractivity contribution in [2.24, 2.45) is 11.8 Å². The maximum Gasteiger partial charge on any atom is 0.459 e. The monoisotopic (exact) mass is 1550 g/mol. The third-order valence-corrected chi connectivity index (χ3v) is 19.0. The minimum absolute atomic E-state index is 0. The summed E-state index contributed by atoms with van der Waals surface area (Å²) in [6.07, 6.45) is -8.20. The lowest BCUT2D eigenvalue weighted by Gasteiger charge is -2.25. The number of nitrogens with one attached hydrogen (secondary N) is 5. The molecule has 0 aliphatic carbocycles. The second kappa shape index (κ2) is 37.0. The summed E-state index contributed by atoms with van der Waals surface area (Å²) in [5, 5.41) is 23.6. The highest BCUT2D eigenvalue weighted by Gasteiger charge is 2.60. The van der Waals surface area contributed by atoms with Gasteiger partial charge < -0.3 is 48.8 Å². The van der Waals surface area contributed by atoms with E-state index in [0.717, 1.165) is 39.7 Å². The Morgan fingerprint density at radius 3 is 1.36 bits per heavy atom. The van der Waals surface area contributed by atoms with Gasteiger partial charge in [0.15, 0.2) is 24.9 Å². The van der Waals surface area contributed by atoms with Crippen LogP contribution in [-0.2, 0) is 37.6 Å². The van der Waals surface area contributed by atoms with E-state index in [1.54, 1.807) is 76.2 Å². The number of carbonyl (C=O) groups is 2. The van der Waals surface area contributed by atoms with E-state index in [9.17, 15) is 71.1 Å². The lowest BCUT2D eigenvalue weighted by Crippen LogP contribution is -2.42. The number of aliphatic hydroxyl groups excluding tert-OH is 3. The van der Waals surface area contributed by atoms with Gasteiger partial charge in [0.2, 0.25) is 10.3 Å². The molecule has 39 heteroatoms. The van der Waals surface area contributed by atoms with E-state index in [0.29, 0.717) is 27.5 Å². The molecule has 4 aliphatic heterocycles. The fourth-order valence-electron chi connectivity index (χ4n) is 10.1. The van der Waals surface area contributed by atoms with Gasteiger partial charge in [-0.2, -0.15) is 10.1 Å². The van der Waals surface area contributed by atoms with E-state index < -0.39 is 172 Å². The van der Waals surface area contributed by atoms with Crippen LogP contribution < -0.4 is 54.4 Å². The number of halogens is 8. The molecule has 30 nitrogen and oxygen atoms in total. The number of anilines is 1. The van der Waals surface area contributed by atoms with Gasteiger partial charge in [0.05, 0.1) is 31.5 Å². The Balaban J connectivity index is 0.000000363. The number of rotatable bonds is 18. The SMILES string of the molecule is C.C.C.C.CC(C)OC(=O)[C@H](C)N[P@](=O)(OC[C@H]1O[C@@H](n2ccc(=O)[nH]c2=O)[C@@](F)(Cl)[C@@H]1O)Oc1ccccc1.CC[C@H]1O[C@@H](n2ccc(=O)[nH]c2=O)[C@@](F)(Cl)[C@@H]1C.CC[C@H]1O[C@@H](n2ccc(NC(=O)c3ccccc3)nc2=O)[C@@](F)(Cl)[C@@H]1C.O=c1ccn([C@@H]2O[C@H](CO)[C@@H](O)[C@]2(F)Cl)c(=O)[nH]1. The first-order valence-electron chi connectivity index (χ1n) is 29.9. The minimum Gasteiger partial charge on any atom is -0.462 e. The largest absolute Gasteiger partial charge is 0.462 e. The number of ether oxygens (including phenoxy) is 5. The summed E-state index contributed by atoms with van der Waals surface area (Å²) >= 11 is 23.2. The van der Waals surface area contributed by atoms with Crippen molar-refractivity contribution in [3.8, 4) is 5.75 Å². The number of H-pyrrole nitrogens is 3. The zero-order chi connectivity index (χ0) is 72.6. The highest BCUT2D eigenvalue weighted by Crippen LogP contribution is 2.52. The predicted molar refractivity (Wildman–Crippen MR) is 371 cm³/mol. The molecule has 2 aromatic carbocycles. The molecule has 0 radical (unpaired) electrons. The van der Waals surface area contributed by atoms with E-state index in [-0.39, 0.29) is 47.4 Å². The van der Waals surface area contributed by atoms with Crippen molar-refractivity contribution in [1.82, 2.24) is 43.3 Å². The fourth-order valence-corrected chi connectivity index (χ4v) is 12.8. The van der Waals surface area contributed by atoms with E-state index in [1.807, 2.05) is 28.8 Å². The number of aliphatic hydroxyl groups is 3. The number of hydrogen-bond donors (Lipinski definition) is 8. The van der Waals surface area contributed by atoms with Crippen LogP contribution in [0.3, 0.4) is 0 Å². The summed E-state index contributed by atoms with van der Waals surface area (Å²) in [4.78, 5) is 115. The summed E-state index contributed by atoms with van der Waals surface area (Å²) < 4.78 is 113. The number of amides is 1. The summed E-state index contributed by atoms with van der Waals surface area (Å²) in [6, 6.07) is 19.7. The maximum absolute atomic E-state index is 15.2. The van der Waals surface area contributed by atoms with Crippen LogP contribution >= 0.6 is 54.2 Å². The normalized spacial score (nSPS) is 29.1. The Morgan fingerprint density at radius 1 is 0.598 bits per heavy atom. The molecule has 10 rings (SSSR count). The molecule has 0 unspecified atom stereocenters. The first-order chi connectivity index (χ1) is 45.9. The number of hydrogen-bond acceptors (Lipinski definition) is 21. The average molecular weight is 1550 g/mol.